The van der Waals surface area contributed by atoms with Gasteiger partial charge in [-0.25, -0.2) is 4.39 Å². The summed E-state index contributed by atoms with van der Waals surface area (Å²) in [5, 5.41) is 19.1. The van der Waals surface area contributed by atoms with Gasteiger partial charge >= 0.3 is 5.97 Å². The van der Waals surface area contributed by atoms with Crippen molar-refractivity contribution < 1.29 is 19.2 Å². The minimum Gasteiger partial charge on any atom is -0.481 e. The van der Waals surface area contributed by atoms with Crippen molar-refractivity contribution in [1.29, 1.82) is 0 Å². The molecule has 5 nitrogen and oxygen atoms in total. The van der Waals surface area contributed by atoms with Crippen LogP contribution in [0.15, 0.2) is 22.7 Å². The zero-order chi connectivity index (χ0) is 13.0. The Bertz CT molecular complexity index is 416. The predicted octanol–water partition coefficient (Wildman–Crippen LogP) is 2.42. The summed E-state index contributed by atoms with van der Waals surface area (Å²) in [5.41, 5.74) is 0.302. The normalized spacial score (nSPS) is 12.1. The van der Waals surface area contributed by atoms with Crippen LogP contribution in [-0.2, 0) is 4.79 Å². The summed E-state index contributed by atoms with van der Waals surface area (Å²) in [6, 6.07) is 3.80. The third-order valence-electron chi connectivity index (χ3n) is 2.15. The van der Waals surface area contributed by atoms with Gasteiger partial charge in [0, 0.05) is 9.40 Å². The molecule has 0 fully saturated rings. The van der Waals surface area contributed by atoms with Crippen LogP contribution in [0.5, 0.6) is 0 Å². The number of hydrogen-bond acceptors (Lipinski definition) is 3. The third-order valence-corrected chi connectivity index (χ3v) is 2.60. The fraction of sp³-hybridized carbons (Fsp3) is 0.300. The number of hydrogen-bond donors (Lipinski definition) is 1. The lowest BCUT2D eigenvalue weighted by Gasteiger charge is -2.11. The van der Waals surface area contributed by atoms with Crippen molar-refractivity contribution in [2.45, 2.75) is 12.3 Å². The van der Waals surface area contributed by atoms with Crippen molar-refractivity contribution in [2.24, 2.45) is 0 Å². The van der Waals surface area contributed by atoms with Crippen LogP contribution in [-0.4, -0.2) is 22.5 Å². The van der Waals surface area contributed by atoms with E-state index < -0.39 is 35.6 Å². The maximum atomic E-state index is 13.1. The fourth-order valence-electron chi connectivity index (χ4n) is 1.49. The highest BCUT2D eigenvalue weighted by molar-refractivity contribution is 9.10. The second-order valence-corrected chi connectivity index (χ2v) is 4.43. The first-order valence-corrected chi connectivity index (χ1v) is 5.47. The lowest BCUT2D eigenvalue weighted by atomic mass is 9.96. The van der Waals surface area contributed by atoms with Gasteiger partial charge in [0.25, 0.3) is 0 Å². The Morgan fingerprint density at radius 3 is 2.65 bits per heavy atom. The summed E-state index contributed by atoms with van der Waals surface area (Å²) >= 11 is 3.06. The van der Waals surface area contributed by atoms with Crippen molar-refractivity contribution in [2.75, 3.05) is 6.54 Å². The highest BCUT2D eigenvalue weighted by atomic mass is 79.9. The molecule has 0 spiro atoms. The number of carboxylic acids is 1. The molecule has 0 aromatic heterocycles. The molecule has 0 saturated carbocycles. The van der Waals surface area contributed by atoms with Gasteiger partial charge in [-0.05, 0) is 23.8 Å². The van der Waals surface area contributed by atoms with Crippen molar-refractivity contribution in [3.63, 3.8) is 0 Å². The van der Waals surface area contributed by atoms with Crippen LogP contribution in [0.4, 0.5) is 4.39 Å². The van der Waals surface area contributed by atoms with Crippen LogP contribution in [0.3, 0.4) is 0 Å². The molecule has 0 heterocycles. The van der Waals surface area contributed by atoms with Crippen LogP contribution >= 0.6 is 15.9 Å². The summed E-state index contributed by atoms with van der Waals surface area (Å²) in [5.74, 6) is -2.56. The highest BCUT2D eigenvalue weighted by Crippen LogP contribution is 2.24. The van der Waals surface area contributed by atoms with Gasteiger partial charge in [-0.3, -0.25) is 14.9 Å². The molecule has 1 N–H and O–H groups in total. The first-order valence-electron chi connectivity index (χ1n) is 4.68. The van der Waals surface area contributed by atoms with E-state index in [9.17, 15) is 19.3 Å². The van der Waals surface area contributed by atoms with Gasteiger partial charge in [-0.2, -0.15) is 0 Å². The van der Waals surface area contributed by atoms with E-state index in [-0.39, 0.29) is 0 Å². The summed E-state index contributed by atoms with van der Waals surface area (Å²) in [7, 11) is 0. The third kappa shape index (κ3) is 4.48. The molecule has 0 bridgehead atoms. The van der Waals surface area contributed by atoms with Gasteiger partial charge < -0.3 is 5.11 Å². The molecule has 0 aliphatic heterocycles. The topological polar surface area (TPSA) is 80.4 Å². The van der Waals surface area contributed by atoms with E-state index in [2.05, 4.69) is 15.9 Å². The molecule has 0 unspecified atom stereocenters. The van der Waals surface area contributed by atoms with Crippen LogP contribution in [0.1, 0.15) is 17.9 Å². The minimum absolute atomic E-state index is 0.302. The second kappa shape index (κ2) is 5.72. The molecule has 1 aromatic rings. The average molecular weight is 306 g/mol. The van der Waals surface area contributed by atoms with Gasteiger partial charge in [-0.1, -0.05) is 15.9 Å². The number of carboxylic acid groups (broad SMARTS) is 1. The zero-order valence-corrected chi connectivity index (χ0v) is 10.2. The Morgan fingerprint density at radius 1 is 1.53 bits per heavy atom. The molecule has 92 valence electrons. The molecule has 1 rings (SSSR count). The summed E-state index contributed by atoms with van der Waals surface area (Å²) in [6.07, 6.45) is -0.406. The number of rotatable bonds is 5. The number of carbonyl (C=O) groups is 1. The molecular weight excluding hydrogens is 297 g/mol. The van der Waals surface area contributed by atoms with Gasteiger partial charge in [0.05, 0.1) is 12.3 Å². The van der Waals surface area contributed by atoms with E-state index in [1.807, 2.05) is 0 Å². The van der Waals surface area contributed by atoms with Crippen LogP contribution < -0.4 is 0 Å². The SMILES string of the molecule is O=C(O)C[C@@H](C[N+](=O)[O-])c1cc(F)cc(Br)c1. The van der Waals surface area contributed by atoms with Crippen molar-refractivity contribution in [3.8, 4) is 0 Å². The molecular formula is C10H9BrFNO4. The smallest absolute Gasteiger partial charge is 0.304 e. The Labute approximate surface area is 105 Å². The number of nitro groups is 1. The second-order valence-electron chi connectivity index (χ2n) is 3.51. The van der Waals surface area contributed by atoms with Crippen LogP contribution in [0.2, 0.25) is 0 Å². The Hall–Kier alpha value is -1.50. The maximum Gasteiger partial charge on any atom is 0.304 e. The number of halogens is 2. The molecule has 0 aliphatic carbocycles. The average Bonchev–Trinajstić information content (AvgIpc) is 2.13. The quantitative estimate of drug-likeness (QED) is 0.669. The standard InChI is InChI=1S/C10H9BrFNO4/c11-8-1-6(2-9(12)4-8)7(3-10(14)15)5-13(16)17/h1-2,4,7H,3,5H2,(H,14,15)/t7-/m0/s1. The van der Waals surface area contributed by atoms with Crippen LogP contribution in [0, 0.1) is 15.9 Å². The lowest BCUT2D eigenvalue weighted by molar-refractivity contribution is -0.483. The Morgan fingerprint density at radius 2 is 2.18 bits per heavy atom. The van der Waals surface area contributed by atoms with E-state index in [1.165, 1.54) is 12.1 Å². The van der Waals surface area contributed by atoms with Crippen molar-refractivity contribution in [1.82, 2.24) is 0 Å². The van der Waals surface area contributed by atoms with Gasteiger partial charge in [0.1, 0.15) is 5.82 Å². The largest absolute Gasteiger partial charge is 0.481 e. The molecule has 0 amide bonds. The summed E-state index contributed by atoms with van der Waals surface area (Å²) in [4.78, 5) is 20.4. The van der Waals surface area contributed by atoms with Crippen molar-refractivity contribution >= 4 is 21.9 Å². The maximum absolute atomic E-state index is 13.1. The Kier molecular flexibility index (Phi) is 4.56. The molecule has 1 aromatic carbocycles. The van der Waals surface area contributed by atoms with E-state index in [1.54, 1.807) is 0 Å². The number of aliphatic carboxylic acids is 1. The minimum atomic E-state index is -1.16. The monoisotopic (exact) mass is 305 g/mol. The summed E-state index contributed by atoms with van der Waals surface area (Å²) in [6.45, 7) is -0.539. The molecule has 17 heavy (non-hydrogen) atoms. The van der Waals surface area contributed by atoms with Gasteiger partial charge in [-0.15, -0.1) is 0 Å². The Balaban J connectivity index is 3.02. The molecule has 7 heteroatoms. The number of nitrogens with zero attached hydrogens (tertiary/aromatic N) is 1. The number of benzene rings is 1. The van der Waals surface area contributed by atoms with Gasteiger partial charge in [0.2, 0.25) is 6.54 Å². The zero-order valence-electron chi connectivity index (χ0n) is 8.60. The molecule has 0 saturated heterocycles. The first-order chi connectivity index (χ1) is 7.88. The van der Waals surface area contributed by atoms with E-state index in [0.717, 1.165) is 6.07 Å². The molecule has 0 radical (unpaired) electrons. The highest BCUT2D eigenvalue weighted by Gasteiger charge is 2.22. The van der Waals surface area contributed by atoms with Gasteiger partial charge in [0.15, 0.2) is 0 Å². The summed E-state index contributed by atoms with van der Waals surface area (Å²) < 4.78 is 13.5. The van der Waals surface area contributed by atoms with Crippen LogP contribution in [0.25, 0.3) is 0 Å². The first kappa shape index (κ1) is 13.6. The molecule has 1 atom stereocenters. The van der Waals surface area contributed by atoms with E-state index >= 15 is 0 Å². The van der Waals surface area contributed by atoms with E-state index in [4.69, 9.17) is 5.11 Å². The van der Waals surface area contributed by atoms with E-state index in [0.29, 0.717) is 10.0 Å². The molecule has 0 aliphatic rings. The predicted molar refractivity (Wildman–Crippen MR) is 61.0 cm³/mol. The fourth-order valence-corrected chi connectivity index (χ4v) is 1.97. The lowest BCUT2D eigenvalue weighted by Crippen LogP contribution is -2.16. The van der Waals surface area contributed by atoms with Crippen molar-refractivity contribution in [3.05, 3.63) is 44.2 Å².